The molecule has 0 aromatic carbocycles. The van der Waals surface area contributed by atoms with Gasteiger partial charge in [0.1, 0.15) is 0 Å². The molecule has 1 amide bonds. The maximum absolute atomic E-state index is 12.0. The molecule has 1 aliphatic heterocycles. The summed E-state index contributed by atoms with van der Waals surface area (Å²) in [6, 6.07) is 8.21. The highest BCUT2D eigenvalue weighted by molar-refractivity contribution is 9.09. The van der Waals surface area contributed by atoms with Crippen LogP contribution in [0, 0.1) is 0 Å². The summed E-state index contributed by atoms with van der Waals surface area (Å²) in [5.41, 5.74) is 2.21. The van der Waals surface area contributed by atoms with E-state index in [4.69, 9.17) is 0 Å². The zero-order chi connectivity index (χ0) is 15.4. The zero-order valence-electron chi connectivity index (χ0n) is 12.6. The number of alkyl halides is 1. The summed E-state index contributed by atoms with van der Waals surface area (Å²) in [4.78, 5) is 16.4. The van der Waals surface area contributed by atoms with Crippen LogP contribution in [0.15, 0.2) is 30.5 Å². The van der Waals surface area contributed by atoms with Crippen LogP contribution in [0.5, 0.6) is 0 Å². The van der Waals surface area contributed by atoms with Crippen molar-refractivity contribution in [1.29, 1.82) is 0 Å². The molecule has 1 saturated heterocycles. The third-order valence-electron chi connectivity index (χ3n) is 4.06. The van der Waals surface area contributed by atoms with Crippen LogP contribution < -0.4 is 0 Å². The van der Waals surface area contributed by atoms with E-state index in [9.17, 15) is 4.79 Å². The standard InChI is InChI=1S/C16H21BrN4O/c17-6-3-5-16(22)20-10-8-19(9-11-20)13-14-12-15-4-1-2-7-21(15)18-14/h1-2,4,7,12H,3,5-6,8-11,13H2. The van der Waals surface area contributed by atoms with E-state index < -0.39 is 0 Å². The fraction of sp³-hybridized carbons (Fsp3) is 0.500. The Morgan fingerprint density at radius 2 is 2.05 bits per heavy atom. The van der Waals surface area contributed by atoms with Gasteiger partial charge in [0.25, 0.3) is 0 Å². The van der Waals surface area contributed by atoms with E-state index in [-0.39, 0.29) is 5.91 Å². The van der Waals surface area contributed by atoms with Crippen molar-refractivity contribution < 1.29 is 4.79 Å². The van der Waals surface area contributed by atoms with Crippen molar-refractivity contribution in [3.63, 3.8) is 0 Å². The quantitative estimate of drug-likeness (QED) is 0.763. The second-order valence-corrected chi connectivity index (χ2v) is 6.45. The summed E-state index contributed by atoms with van der Waals surface area (Å²) in [7, 11) is 0. The molecule has 22 heavy (non-hydrogen) atoms. The molecule has 0 radical (unpaired) electrons. The minimum absolute atomic E-state index is 0.284. The molecular weight excluding hydrogens is 344 g/mol. The molecule has 1 aliphatic rings. The first-order valence-electron chi connectivity index (χ1n) is 7.75. The molecule has 118 valence electrons. The molecule has 0 saturated carbocycles. The molecule has 2 aromatic rings. The van der Waals surface area contributed by atoms with Crippen molar-refractivity contribution >= 4 is 27.4 Å². The predicted octanol–water partition coefficient (Wildman–Crippen LogP) is 2.15. The number of fused-ring (bicyclic) bond motifs is 1. The summed E-state index contributed by atoms with van der Waals surface area (Å²) in [6.45, 7) is 4.36. The molecule has 0 aliphatic carbocycles. The van der Waals surface area contributed by atoms with E-state index in [1.165, 1.54) is 0 Å². The number of piperazine rings is 1. The number of rotatable bonds is 5. The number of nitrogens with zero attached hydrogens (tertiary/aromatic N) is 4. The average Bonchev–Trinajstić information content (AvgIpc) is 2.95. The summed E-state index contributed by atoms with van der Waals surface area (Å²) in [6.07, 6.45) is 3.54. The molecule has 3 rings (SSSR count). The molecule has 6 heteroatoms. The Balaban J connectivity index is 1.52. The van der Waals surface area contributed by atoms with Crippen LogP contribution in [0.2, 0.25) is 0 Å². The Kier molecular flexibility index (Phi) is 5.10. The van der Waals surface area contributed by atoms with Gasteiger partial charge in [0, 0.05) is 50.7 Å². The lowest BCUT2D eigenvalue weighted by Crippen LogP contribution is -2.48. The molecule has 0 unspecified atom stereocenters. The second-order valence-electron chi connectivity index (χ2n) is 5.66. The number of hydrogen-bond donors (Lipinski definition) is 0. The van der Waals surface area contributed by atoms with Crippen molar-refractivity contribution in [2.45, 2.75) is 19.4 Å². The van der Waals surface area contributed by atoms with Crippen LogP contribution in [0.3, 0.4) is 0 Å². The van der Waals surface area contributed by atoms with Crippen molar-refractivity contribution in [2.75, 3.05) is 31.5 Å². The van der Waals surface area contributed by atoms with E-state index in [1.807, 2.05) is 27.7 Å². The van der Waals surface area contributed by atoms with Crippen LogP contribution in [0.25, 0.3) is 5.52 Å². The van der Waals surface area contributed by atoms with E-state index in [0.717, 1.165) is 55.7 Å². The number of amides is 1. The van der Waals surface area contributed by atoms with Crippen LogP contribution in [-0.2, 0) is 11.3 Å². The Labute approximate surface area is 139 Å². The average molecular weight is 365 g/mol. The lowest BCUT2D eigenvalue weighted by atomic mass is 10.2. The largest absolute Gasteiger partial charge is 0.340 e. The van der Waals surface area contributed by atoms with Crippen LogP contribution in [0.1, 0.15) is 18.5 Å². The highest BCUT2D eigenvalue weighted by Gasteiger charge is 2.21. The normalized spacial score (nSPS) is 16.3. The van der Waals surface area contributed by atoms with E-state index >= 15 is 0 Å². The van der Waals surface area contributed by atoms with Gasteiger partial charge in [-0.25, -0.2) is 4.52 Å². The molecule has 5 nitrogen and oxygen atoms in total. The third-order valence-corrected chi connectivity index (χ3v) is 4.62. The molecule has 0 N–H and O–H groups in total. The van der Waals surface area contributed by atoms with E-state index in [2.05, 4.69) is 38.1 Å². The van der Waals surface area contributed by atoms with E-state index in [1.54, 1.807) is 0 Å². The fourth-order valence-corrected chi connectivity index (χ4v) is 3.11. The number of carbonyl (C=O) groups is 1. The van der Waals surface area contributed by atoms with Gasteiger partial charge in [-0.15, -0.1) is 0 Å². The predicted molar refractivity (Wildman–Crippen MR) is 90.1 cm³/mol. The monoisotopic (exact) mass is 364 g/mol. The molecule has 0 spiro atoms. The molecule has 0 bridgehead atoms. The van der Waals surface area contributed by atoms with Gasteiger partial charge in [0.15, 0.2) is 0 Å². The van der Waals surface area contributed by atoms with Gasteiger partial charge in [-0.05, 0) is 24.6 Å². The van der Waals surface area contributed by atoms with Gasteiger partial charge >= 0.3 is 0 Å². The molecule has 3 heterocycles. The first-order valence-corrected chi connectivity index (χ1v) is 8.88. The highest BCUT2D eigenvalue weighted by atomic mass is 79.9. The van der Waals surface area contributed by atoms with Crippen molar-refractivity contribution in [3.8, 4) is 0 Å². The lowest BCUT2D eigenvalue weighted by molar-refractivity contribution is -0.133. The zero-order valence-corrected chi connectivity index (χ0v) is 14.2. The van der Waals surface area contributed by atoms with Gasteiger partial charge in [-0.1, -0.05) is 22.0 Å². The van der Waals surface area contributed by atoms with Crippen LogP contribution in [-0.4, -0.2) is 56.8 Å². The third kappa shape index (κ3) is 3.67. The Bertz CT molecular complexity index is 601. The van der Waals surface area contributed by atoms with Crippen molar-refractivity contribution in [1.82, 2.24) is 19.4 Å². The van der Waals surface area contributed by atoms with Gasteiger partial charge in [-0.2, -0.15) is 5.10 Å². The smallest absolute Gasteiger partial charge is 0.222 e. The maximum Gasteiger partial charge on any atom is 0.222 e. The first kappa shape index (κ1) is 15.5. The number of pyridine rings is 1. The van der Waals surface area contributed by atoms with E-state index in [0.29, 0.717) is 6.42 Å². The Hall–Kier alpha value is -1.40. The SMILES string of the molecule is O=C(CCCBr)N1CCN(Cc2cc3ccccn3n2)CC1. The Morgan fingerprint density at radius 1 is 1.23 bits per heavy atom. The molecular formula is C16H21BrN4O. The van der Waals surface area contributed by atoms with Crippen molar-refractivity contribution in [3.05, 3.63) is 36.2 Å². The minimum atomic E-state index is 0.284. The van der Waals surface area contributed by atoms with Gasteiger partial charge in [0.2, 0.25) is 5.91 Å². The minimum Gasteiger partial charge on any atom is -0.340 e. The number of halogens is 1. The molecule has 1 fully saturated rings. The van der Waals surface area contributed by atoms with Gasteiger partial charge in [0.05, 0.1) is 11.2 Å². The number of hydrogen-bond acceptors (Lipinski definition) is 3. The molecule has 0 atom stereocenters. The first-order chi connectivity index (χ1) is 10.8. The summed E-state index contributed by atoms with van der Waals surface area (Å²) in [5.74, 6) is 0.284. The fourth-order valence-electron chi connectivity index (χ4n) is 2.83. The Morgan fingerprint density at radius 3 is 2.77 bits per heavy atom. The second kappa shape index (κ2) is 7.24. The molecule has 2 aromatic heterocycles. The van der Waals surface area contributed by atoms with Crippen LogP contribution in [0.4, 0.5) is 0 Å². The summed E-state index contributed by atoms with van der Waals surface area (Å²) < 4.78 is 1.91. The lowest BCUT2D eigenvalue weighted by Gasteiger charge is -2.34. The van der Waals surface area contributed by atoms with Gasteiger partial charge < -0.3 is 4.90 Å². The number of aromatic nitrogens is 2. The summed E-state index contributed by atoms with van der Waals surface area (Å²) in [5, 5.41) is 5.49. The van der Waals surface area contributed by atoms with Gasteiger partial charge in [-0.3, -0.25) is 9.69 Å². The maximum atomic E-state index is 12.0. The van der Waals surface area contributed by atoms with Crippen LogP contribution >= 0.6 is 15.9 Å². The van der Waals surface area contributed by atoms with Crippen molar-refractivity contribution in [2.24, 2.45) is 0 Å². The number of carbonyl (C=O) groups excluding carboxylic acids is 1. The summed E-state index contributed by atoms with van der Waals surface area (Å²) >= 11 is 3.38. The highest BCUT2D eigenvalue weighted by Crippen LogP contribution is 2.11. The topological polar surface area (TPSA) is 40.9 Å².